The van der Waals surface area contributed by atoms with Crippen molar-refractivity contribution in [3.8, 4) is 10.6 Å². The average Bonchev–Trinajstić information content (AvgIpc) is 3.00. The topological polar surface area (TPSA) is 54.0 Å². The fourth-order valence-corrected chi connectivity index (χ4v) is 4.29. The fourth-order valence-electron chi connectivity index (χ4n) is 2.55. The van der Waals surface area contributed by atoms with Crippen molar-refractivity contribution < 1.29 is 4.79 Å². The summed E-state index contributed by atoms with van der Waals surface area (Å²) in [5.74, 6) is 0.0966. The molecule has 3 aromatic rings. The van der Waals surface area contributed by atoms with Gasteiger partial charge in [0, 0.05) is 17.0 Å². The lowest BCUT2D eigenvalue weighted by atomic mass is 10.1. The summed E-state index contributed by atoms with van der Waals surface area (Å²) in [6, 6.07) is 11.3. The molecule has 0 fully saturated rings. The molecule has 3 rings (SSSR count). The van der Waals surface area contributed by atoms with E-state index in [9.17, 15) is 4.79 Å². The maximum atomic E-state index is 12.0. The number of hydrogen-bond donors (Lipinski definition) is 2. The molecule has 0 atom stereocenters. The maximum Gasteiger partial charge on any atom is 0.226 e. The predicted octanol–water partition coefficient (Wildman–Crippen LogP) is 6.13. The van der Waals surface area contributed by atoms with Gasteiger partial charge in [-0.1, -0.05) is 49.2 Å². The van der Waals surface area contributed by atoms with Crippen LogP contribution in [-0.4, -0.2) is 16.0 Å². The van der Waals surface area contributed by atoms with Crippen LogP contribution in [-0.2, 0) is 4.79 Å². The molecular formula is C19H17Cl2N3OS2. The van der Waals surface area contributed by atoms with Gasteiger partial charge in [0.05, 0.1) is 20.9 Å². The number of carbonyl (C=O) groups is 1. The van der Waals surface area contributed by atoms with Gasteiger partial charge in [0.1, 0.15) is 5.01 Å². The van der Waals surface area contributed by atoms with E-state index < -0.39 is 0 Å². The molecule has 1 heterocycles. The molecule has 140 valence electrons. The van der Waals surface area contributed by atoms with Crippen LogP contribution in [0, 0.1) is 5.92 Å². The molecule has 0 aliphatic carbocycles. The first kappa shape index (κ1) is 20.0. The second-order valence-corrected chi connectivity index (χ2v) is 8.68. The molecule has 0 spiro atoms. The van der Waals surface area contributed by atoms with Crippen molar-refractivity contribution in [1.29, 1.82) is 0 Å². The summed E-state index contributed by atoms with van der Waals surface area (Å²) in [5, 5.41) is 7.55. The van der Waals surface area contributed by atoms with Crippen LogP contribution in [0.2, 0.25) is 10.0 Å². The van der Waals surface area contributed by atoms with Gasteiger partial charge >= 0.3 is 0 Å². The van der Waals surface area contributed by atoms with E-state index in [-0.39, 0.29) is 16.9 Å². The number of fused-ring (bicyclic) bond motifs is 1. The van der Waals surface area contributed by atoms with Crippen molar-refractivity contribution in [2.75, 3.05) is 5.32 Å². The average molecular weight is 438 g/mol. The van der Waals surface area contributed by atoms with E-state index in [1.165, 1.54) is 11.3 Å². The van der Waals surface area contributed by atoms with Crippen molar-refractivity contribution in [2.24, 2.45) is 5.92 Å². The Hall–Kier alpha value is -1.73. The number of amides is 1. The zero-order valence-corrected chi connectivity index (χ0v) is 17.8. The lowest BCUT2D eigenvalue weighted by Gasteiger charge is -2.15. The first-order valence-electron chi connectivity index (χ1n) is 8.29. The molecule has 2 N–H and O–H groups in total. The lowest BCUT2D eigenvalue weighted by molar-refractivity contribution is -0.120. The highest BCUT2D eigenvalue weighted by atomic mass is 35.5. The van der Waals surface area contributed by atoms with Crippen molar-refractivity contribution in [2.45, 2.75) is 20.3 Å². The molecule has 1 aromatic heterocycles. The number of benzene rings is 2. The minimum absolute atomic E-state index is 0.144. The number of nitrogens with zero attached hydrogens (tertiary/aromatic N) is 1. The predicted molar refractivity (Wildman–Crippen MR) is 119 cm³/mol. The monoisotopic (exact) mass is 437 g/mol. The zero-order chi connectivity index (χ0) is 19.6. The minimum Gasteiger partial charge on any atom is -0.331 e. The Morgan fingerprint density at radius 3 is 2.70 bits per heavy atom. The Labute approximate surface area is 176 Å². The zero-order valence-electron chi connectivity index (χ0n) is 14.7. The highest BCUT2D eigenvalue weighted by Gasteiger charge is 2.17. The van der Waals surface area contributed by atoms with Crippen LogP contribution < -0.4 is 10.6 Å². The molecule has 2 aromatic carbocycles. The molecule has 0 radical (unpaired) electrons. The molecule has 27 heavy (non-hydrogen) atoms. The Bertz CT molecular complexity index is 984. The van der Waals surface area contributed by atoms with Crippen LogP contribution in [0.4, 0.5) is 5.69 Å². The summed E-state index contributed by atoms with van der Waals surface area (Å²) in [4.78, 5) is 16.6. The summed E-state index contributed by atoms with van der Waals surface area (Å²) < 4.78 is 1.06. The van der Waals surface area contributed by atoms with Gasteiger partial charge in [-0.2, -0.15) is 0 Å². The third-order valence-electron chi connectivity index (χ3n) is 3.66. The van der Waals surface area contributed by atoms with E-state index in [4.69, 9.17) is 35.4 Å². The van der Waals surface area contributed by atoms with E-state index in [1.54, 1.807) is 12.1 Å². The van der Waals surface area contributed by atoms with Crippen LogP contribution in [0.1, 0.15) is 20.3 Å². The van der Waals surface area contributed by atoms with Gasteiger partial charge < -0.3 is 10.6 Å². The molecule has 0 aliphatic rings. The number of carbonyl (C=O) groups excluding carboxylic acids is 1. The highest BCUT2D eigenvalue weighted by molar-refractivity contribution is 7.80. The van der Waals surface area contributed by atoms with Gasteiger partial charge in [-0.3, -0.25) is 4.79 Å². The Morgan fingerprint density at radius 1 is 1.26 bits per heavy atom. The Morgan fingerprint density at radius 2 is 2.00 bits per heavy atom. The molecule has 8 heteroatoms. The third kappa shape index (κ3) is 4.96. The summed E-state index contributed by atoms with van der Waals surface area (Å²) in [7, 11) is 0. The van der Waals surface area contributed by atoms with Crippen LogP contribution in [0.25, 0.3) is 20.8 Å². The van der Waals surface area contributed by atoms with Crippen molar-refractivity contribution >= 4 is 73.7 Å². The van der Waals surface area contributed by atoms with E-state index in [0.717, 1.165) is 20.8 Å². The largest absolute Gasteiger partial charge is 0.331 e. The molecule has 0 unspecified atom stereocenters. The minimum atomic E-state index is -0.144. The second-order valence-electron chi connectivity index (χ2n) is 6.40. The van der Waals surface area contributed by atoms with Crippen LogP contribution in [0.5, 0.6) is 0 Å². The second kappa shape index (κ2) is 8.52. The van der Waals surface area contributed by atoms with Gasteiger partial charge in [-0.05, 0) is 42.4 Å². The number of thiazole rings is 1. The van der Waals surface area contributed by atoms with E-state index in [2.05, 4.69) is 15.6 Å². The quantitative estimate of drug-likeness (QED) is 0.481. The number of para-hydroxylation sites is 1. The molecule has 0 bridgehead atoms. The van der Waals surface area contributed by atoms with Crippen LogP contribution in [0.15, 0.2) is 36.4 Å². The molecule has 1 amide bonds. The van der Waals surface area contributed by atoms with Crippen LogP contribution in [0.3, 0.4) is 0 Å². The van der Waals surface area contributed by atoms with Gasteiger partial charge in [-0.25, -0.2) is 4.98 Å². The smallest absolute Gasteiger partial charge is 0.226 e. The van der Waals surface area contributed by atoms with E-state index in [0.29, 0.717) is 22.2 Å². The summed E-state index contributed by atoms with van der Waals surface area (Å²) in [5.41, 5.74) is 2.19. The summed E-state index contributed by atoms with van der Waals surface area (Å²) >= 11 is 19.4. The van der Waals surface area contributed by atoms with Crippen molar-refractivity contribution in [1.82, 2.24) is 10.3 Å². The van der Waals surface area contributed by atoms with E-state index >= 15 is 0 Å². The lowest BCUT2D eigenvalue weighted by Crippen LogP contribution is -2.34. The number of thiocarbonyl (C=S) groups is 1. The number of anilines is 1. The molecular weight excluding hydrogens is 421 g/mol. The third-order valence-corrected chi connectivity index (χ3v) is 5.45. The fraction of sp³-hybridized carbons (Fsp3) is 0.211. The van der Waals surface area contributed by atoms with Gasteiger partial charge in [-0.15, -0.1) is 11.3 Å². The molecule has 0 aliphatic heterocycles. The standard InChI is InChI=1S/C19H17Cl2N3OS2/c1-10(2)7-16(25)23-19(26)24-17-12(8-11(20)9-13(17)21)18-22-14-5-3-4-6-15(14)27-18/h3-6,8-10H,7H2,1-2H3,(H2,23,24,25,26). The maximum absolute atomic E-state index is 12.0. The van der Waals surface area contributed by atoms with Crippen molar-refractivity contribution in [3.05, 3.63) is 46.4 Å². The van der Waals surface area contributed by atoms with Crippen molar-refractivity contribution in [3.63, 3.8) is 0 Å². The number of hydrogen-bond acceptors (Lipinski definition) is 4. The summed E-state index contributed by atoms with van der Waals surface area (Å²) in [6.45, 7) is 3.94. The molecule has 4 nitrogen and oxygen atoms in total. The number of rotatable bonds is 4. The van der Waals surface area contributed by atoms with Gasteiger partial charge in [0.2, 0.25) is 5.91 Å². The Kier molecular flexibility index (Phi) is 6.32. The summed E-state index contributed by atoms with van der Waals surface area (Å²) in [6.07, 6.45) is 0.390. The SMILES string of the molecule is CC(C)CC(=O)NC(=S)Nc1c(Cl)cc(Cl)cc1-c1nc2ccccc2s1. The normalized spacial score (nSPS) is 11.0. The van der Waals surface area contributed by atoms with Gasteiger partial charge in [0.15, 0.2) is 5.11 Å². The first-order chi connectivity index (χ1) is 12.8. The number of halogens is 2. The highest BCUT2D eigenvalue weighted by Crippen LogP contribution is 2.40. The molecule has 0 saturated heterocycles. The van der Waals surface area contributed by atoms with Crippen LogP contribution >= 0.6 is 46.8 Å². The number of aromatic nitrogens is 1. The van der Waals surface area contributed by atoms with E-state index in [1.807, 2.05) is 38.1 Å². The number of nitrogens with one attached hydrogen (secondary N) is 2. The molecule has 0 saturated carbocycles. The van der Waals surface area contributed by atoms with Gasteiger partial charge in [0.25, 0.3) is 0 Å². The first-order valence-corrected chi connectivity index (χ1v) is 10.3. The Balaban J connectivity index is 1.93.